The largest absolute Gasteiger partial charge is 0.506 e. The molecule has 38 heavy (non-hydrogen) atoms. The van der Waals surface area contributed by atoms with Gasteiger partial charge in [0.15, 0.2) is 5.76 Å². The number of benzene rings is 1. The number of hydrogen-bond acceptors (Lipinski definition) is 8. The zero-order chi connectivity index (χ0) is 28.2. The number of nitrogens with one attached hydrogen (secondary N) is 2. The van der Waals surface area contributed by atoms with Crippen molar-refractivity contribution in [3.8, 4) is 22.8 Å². The lowest BCUT2D eigenvalue weighted by Gasteiger charge is -2.29. The molecule has 2 aromatic rings. The van der Waals surface area contributed by atoms with Gasteiger partial charge >= 0.3 is 5.97 Å². The van der Waals surface area contributed by atoms with Crippen LogP contribution in [0.1, 0.15) is 73.8 Å². The molecule has 5 N–H and O–H groups in total. The van der Waals surface area contributed by atoms with Gasteiger partial charge < -0.3 is 30.0 Å². The Labute approximate surface area is 220 Å². The summed E-state index contributed by atoms with van der Waals surface area (Å²) in [7, 11) is 0. The Balaban J connectivity index is 2.10. The molecule has 1 aromatic carbocycles. The molecule has 0 saturated carbocycles. The van der Waals surface area contributed by atoms with E-state index in [4.69, 9.17) is 9.15 Å². The molecule has 0 bridgehead atoms. The molecular formula is C26H35N3O9. The standard InChI is InChI=1S/C26H35N3O9/c1-4-7-8-9-17(20(5-2)29(36)15-30)24(32)27-14-28-25(33)22-11-10-21(38-22)18-12-16(37-6-3)13-19(23(18)31)26(34)35/h10-13,15,17,20,31,36H,4-9,14H2,1-3H3,(H,27,32)(H,28,33)(H,34,35). The Morgan fingerprint density at radius 2 is 1.87 bits per heavy atom. The van der Waals surface area contributed by atoms with Gasteiger partial charge in [-0.25, -0.2) is 9.86 Å². The number of nitrogens with zero attached hydrogens (tertiary/aromatic N) is 1. The minimum absolute atomic E-state index is 0.0324. The number of carboxylic acid groups (broad SMARTS) is 1. The van der Waals surface area contributed by atoms with Crippen molar-refractivity contribution in [1.82, 2.24) is 15.7 Å². The molecule has 2 rings (SSSR count). The van der Waals surface area contributed by atoms with Crippen LogP contribution in [0.5, 0.6) is 11.5 Å². The summed E-state index contributed by atoms with van der Waals surface area (Å²) < 4.78 is 10.9. The van der Waals surface area contributed by atoms with Crippen LogP contribution < -0.4 is 15.4 Å². The van der Waals surface area contributed by atoms with Crippen molar-refractivity contribution < 1.29 is 43.8 Å². The molecule has 1 heterocycles. The van der Waals surface area contributed by atoms with Crippen LogP contribution in [-0.2, 0) is 9.59 Å². The highest BCUT2D eigenvalue weighted by Gasteiger charge is 2.30. The van der Waals surface area contributed by atoms with Gasteiger partial charge in [-0.15, -0.1) is 0 Å². The summed E-state index contributed by atoms with van der Waals surface area (Å²) in [5, 5.41) is 35.3. The van der Waals surface area contributed by atoms with Crippen molar-refractivity contribution in [2.45, 2.75) is 58.9 Å². The SMILES string of the molecule is CCCCCC(C(=O)NCNC(=O)c1ccc(-c2cc(OCC)cc(C(=O)O)c2O)o1)C(CC)N(O)C=O. The van der Waals surface area contributed by atoms with Crippen molar-refractivity contribution in [2.75, 3.05) is 13.3 Å². The summed E-state index contributed by atoms with van der Waals surface area (Å²) in [5.74, 6) is -3.55. The van der Waals surface area contributed by atoms with Crippen molar-refractivity contribution in [2.24, 2.45) is 5.92 Å². The van der Waals surface area contributed by atoms with Gasteiger partial charge in [0.05, 0.1) is 30.8 Å². The third-order valence-electron chi connectivity index (χ3n) is 6.02. The van der Waals surface area contributed by atoms with E-state index in [2.05, 4.69) is 10.6 Å². The Hall–Kier alpha value is -4.06. The lowest BCUT2D eigenvalue weighted by molar-refractivity contribution is -0.168. The van der Waals surface area contributed by atoms with E-state index in [-0.39, 0.29) is 48.1 Å². The number of unbranched alkanes of at least 4 members (excludes halogenated alkanes) is 2. The number of aromatic carboxylic acids is 1. The number of carbonyl (C=O) groups is 4. The van der Waals surface area contributed by atoms with Crippen molar-refractivity contribution in [1.29, 1.82) is 0 Å². The van der Waals surface area contributed by atoms with Crippen molar-refractivity contribution in [3.63, 3.8) is 0 Å². The van der Waals surface area contributed by atoms with Gasteiger partial charge in [-0.2, -0.15) is 0 Å². The van der Waals surface area contributed by atoms with Crippen LogP contribution in [0, 0.1) is 5.92 Å². The summed E-state index contributed by atoms with van der Waals surface area (Å²) in [6, 6.07) is 4.62. The van der Waals surface area contributed by atoms with Gasteiger partial charge in [-0.3, -0.25) is 19.6 Å². The maximum atomic E-state index is 12.8. The fourth-order valence-corrected chi connectivity index (χ4v) is 4.09. The second-order valence-electron chi connectivity index (χ2n) is 8.56. The highest BCUT2D eigenvalue weighted by atomic mass is 16.5. The summed E-state index contributed by atoms with van der Waals surface area (Å²) in [6.45, 7) is 5.53. The predicted octanol–water partition coefficient (Wildman–Crippen LogP) is 3.38. The minimum Gasteiger partial charge on any atom is -0.506 e. The number of phenols is 1. The van der Waals surface area contributed by atoms with Crippen LogP contribution in [0.2, 0.25) is 0 Å². The third-order valence-corrected chi connectivity index (χ3v) is 6.02. The molecule has 0 fully saturated rings. The predicted molar refractivity (Wildman–Crippen MR) is 136 cm³/mol. The molecule has 2 atom stereocenters. The molecule has 12 heteroatoms. The summed E-state index contributed by atoms with van der Waals surface area (Å²) in [6.07, 6.45) is 3.66. The number of ether oxygens (including phenoxy) is 1. The number of aromatic hydroxyl groups is 1. The van der Waals surface area contributed by atoms with E-state index in [1.165, 1.54) is 24.3 Å². The fourth-order valence-electron chi connectivity index (χ4n) is 4.09. The molecule has 2 unspecified atom stereocenters. The molecule has 0 spiro atoms. The molecular weight excluding hydrogens is 498 g/mol. The van der Waals surface area contributed by atoms with Crippen LogP contribution in [0.15, 0.2) is 28.7 Å². The van der Waals surface area contributed by atoms with E-state index < -0.39 is 35.5 Å². The maximum absolute atomic E-state index is 12.8. The van der Waals surface area contributed by atoms with E-state index in [0.29, 0.717) is 17.9 Å². The number of amides is 3. The molecule has 12 nitrogen and oxygen atoms in total. The number of hydrogen-bond donors (Lipinski definition) is 5. The van der Waals surface area contributed by atoms with Gasteiger partial charge in [-0.05, 0) is 44.0 Å². The highest BCUT2D eigenvalue weighted by molar-refractivity contribution is 5.95. The Bertz CT molecular complexity index is 1120. The zero-order valence-electron chi connectivity index (χ0n) is 21.7. The first-order chi connectivity index (χ1) is 18.2. The Morgan fingerprint density at radius 3 is 2.47 bits per heavy atom. The van der Waals surface area contributed by atoms with Gasteiger partial charge in [0.25, 0.3) is 5.91 Å². The van der Waals surface area contributed by atoms with Crippen LogP contribution in [-0.4, -0.2) is 64.0 Å². The summed E-state index contributed by atoms with van der Waals surface area (Å²) >= 11 is 0. The monoisotopic (exact) mass is 533 g/mol. The highest BCUT2D eigenvalue weighted by Crippen LogP contribution is 2.37. The number of furan rings is 1. The van der Waals surface area contributed by atoms with Gasteiger partial charge in [-0.1, -0.05) is 33.1 Å². The molecule has 1 aromatic heterocycles. The second kappa shape index (κ2) is 14.6. The molecule has 0 aliphatic rings. The van der Waals surface area contributed by atoms with Crippen LogP contribution in [0.25, 0.3) is 11.3 Å². The average Bonchev–Trinajstić information content (AvgIpc) is 3.39. The van der Waals surface area contributed by atoms with Gasteiger partial charge in [0, 0.05) is 0 Å². The fraction of sp³-hybridized carbons (Fsp3) is 0.462. The summed E-state index contributed by atoms with van der Waals surface area (Å²) in [5.41, 5.74) is -0.351. The topological polar surface area (TPSA) is 179 Å². The zero-order valence-corrected chi connectivity index (χ0v) is 21.7. The van der Waals surface area contributed by atoms with Crippen molar-refractivity contribution >= 4 is 24.2 Å². The quantitative estimate of drug-likeness (QED) is 0.0711. The lowest BCUT2D eigenvalue weighted by Crippen LogP contribution is -2.47. The van der Waals surface area contributed by atoms with Crippen LogP contribution in [0.4, 0.5) is 0 Å². The maximum Gasteiger partial charge on any atom is 0.339 e. The van der Waals surface area contributed by atoms with Gasteiger partial charge in [0.2, 0.25) is 12.3 Å². The first kappa shape index (κ1) is 30.2. The molecule has 0 saturated heterocycles. The normalized spacial score (nSPS) is 12.3. The van der Waals surface area contributed by atoms with E-state index in [9.17, 15) is 34.6 Å². The number of hydroxylamine groups is 2. The smallest absolute Gasteiger partial charge is 0.339 e. The second-order valence-corrected chi connectivity index (χ2v) is 8.56. The van der Waals surface area contributed by atoms with E-state index in [1.54, 1.807) is 13.8 Å². The van der Waals surface area contributed by atoms with Crippen LogP contribution >= 0.6 is 0 Å². The molecule has 3 amide bonds. The average molecular weight is 534 g/mol. The summed E-state index contributed by atoms with van der Waals surface area (Å²) in [4.78, 5) is 48.0. The molecule has 0 radical (unpaired) electrons. The Kier molecular flexibility index (Phi) is 11.6. The lowest BCUT2D eigenvalue weighted by atomic mass is 9.90. The van der Waals surface area contributed by atoms with E-state index >= 15 is 0 Å². The Morgan fingerprint density at radius 1 is 1.13 bits per heavy atom. The first-order valence-electron chi connectivity index (χ1n) is 12.5. The van der Waals surface area contributed by atoms with E-state index in [1.807, 2.05) is 6.92 Å². The number of rotatable bonds is 16. The first-order valence-corrected chi connectivity index (χ1v) is 12.5. The minimum atomic E-state index is -1.36. The molecule has 208 valence electrons. The number of carbonyl (C=O) groups excluding carboxylic acids is 3. The molecule has 0 aliphatic carbocycles. The number of carboxylic acids is 1. The third kappa shape index (κ3) is 7.72. The van der Waals surface area contributed by atoms with Crippen LogP contribution in [0.3, 0.4) is 0 Å². The van der Waals surface area contributed by atoms with E-state index in [0.717, 1.165) is 19.3 Å². The van der Waals surface area contributed by atoms with Crippen molar-refractivity contribution in [3.05, 3.63) is 35.6 Å². The van der Waals surface area contributed by atoms with Gasteiger partial charge in [0.1, 0.15) is 22.8 Å². The molecule has 0 aliphatic heterocycles.